The number of hydrogen-bond donors (Lipinski definition) is 0. The lowest BCUT2D eigenvalue weighted by Gasteiger charge is -2.10. The first-order valence-corrected chi connectivity index (χ1v) is 7.25. The van der Waals surface area contributed by atoms with Crippen LogP contribution >= 0.6 is 0 Å². The Bertz CT molecular complexity index is 551. The third-order valence-electron chi connectivity index (χ3n) is 2.72. The van der Waals surface area contributed by atoms with Crippen molar-refractivity contribution in [2.24, 2.45) is 0 Å². The molecular weight excluding hydrogens is 259 g/mol. The molecule has 1 atom stereocenters. The van der Waals surface area contributed by atoms with Crippen molar-refractivity contribution >= 4 is 15.6 Å². The van der Waals surface area contributed by atoms with Gasteiger partial charge >= 0.3 is 0 Å². The molecule has 0 N–H and O–H groups in total. The summed E-state index contributed by atoms with van der Waals surface area (Å²) in [6, 6.07) is 4.42. The van der Waals surface area contributed by atoms with Crippen molar-refractivity contribution in [3.8, 4) is 5.75 Å². The predicted octanol–water partition coefficient (Wildman–Crippen LogP) is 1.38. The van der Waals surface area contributed by atoms with Crippen LogP contribution in [0.1, 0.15) is 12.5 Å². The first-order chi connectivity index (χ1) is 8.27. The van der Waals surface area contributed by atoms with Gasteiger partial charge in [-0.1, -0.05) is 12.1 Å². The molecule has 6 heteroatoms. The number of halogens is 1. The standard InChI is InChI=1S/C12H15FO4S/c1-8(18(3,15)16)10(14)7-9-5-4-6-11(17-2)12(9)13/h4-6,8H,7H2,1-3H3. The highest BCUT2D eigenvalue weighted by molar-refractivity contribution is 7.92. The lowest BCUT2D eigenvalue weighted by molar-refractivity contribution is -0.117. The van der Waals surface area contributed by atoms with Gasteiger partial charge in [0.15, 0.2) is 27.2 Å². The molecule has 0 aliphatic carbocycles. The van der Waals surface area contributed by atoms with Gasteiger partial charge in [0.2, 0.25) is 0 Å². The summed E-state index contributed by atoms with van der Waals surface area (Å²) in [6.07, 6.45) is 0.717. The van der Waals surface area contributed by atoms with Crippen LogP contribution in [0, 0.1) is 5.82 Å². The number of ketones is 1. The lowest BCUT2D eigenvalue weighted by Crippen LogP contribution is -2.27. The fourth-order valence-corrected chi connectivity index (χ4v) is 1.98. The van der Waals surface area contributed by atoms with E-state index < -0.39 is 26.7 Å². The molecule has 0 heterocycles. The molecule has 1 unspecified atom stereocenters. The van der Waals surface area contributed by atoms with E-state index in [-0.39, 0.29) is 17.7 Å². The first-order valence-electron chi connectivity index (χ1n) is 5.30. The number of carbonyl (C=O) groups is 1. The Balaban J connectivity index is 2.96. The van der Waals surface area contributed by atoms with Crippen LogP contribution in [0.25, 0.3) is 0 Å². The van der Waals surface area contributed by atoms with Gasteiger partial charge in [-0.2, -0.15) is 0 Å². The second-order valence-electron chi connectivity index (χ2n) is 4.05. The van der Waals surface area contributed by atoms with E-state index in [0.717, 1.165) is 6.26 Å². The molecule has 0 aromatic heterocycles. The van der Waals surface area contributed by atoms with Gasteiger partial charge in [0.05, 0.1) is 7.11 Å². The van der Waals surface area contributed by atoms with Crippen molar-refractivity contribution in [3.63, 3.8) is 0 Å². The lowest BCUT2D eigenvalue weighted by atomic mass is 10.1. The van der Waals surface area contributed by atoms with E-state index in [4.69, 9.17) is 4.74 Å². The average Bonchev–Trinajstić information content (AvgIpc) is 2.29. The van der Waals surface area contributed by atoms with Crippen LogP contribution in [-0.4, -0.2) is 32.8 Å². The third kappa shape index (κ3) is 3.29. The number of benzene rings is 1. The highest BCUT2D eigenvalue weighted by Crippen LogP contribution is 2.21. The van der Waals surface area contributed by atoms with Crippen molar-refractivity contribution in [1.82, 2.24) is 0 Å². The van der Waals surface area contributed by atoms with E-state index in [1.165, 1.54) is 26.2 Å². The van der Waals surface area contributed by atoms with Crippen LogP contribution in [0.4, 0.5) is 4.39 Å². The Labute approximate surface area is 106 Å². The summed E-state index contributed by atoms with van der Waals surface area (Å²) in [7, 11) is -2.13. The summed E-state index contributed by atoms with van der Waals surface area (Å²) in [4.78, 5) is 11.7. The molecule has 0 fully saturated rings. The molecule has 0 saturated carbocycles. The molecule has 0 aliphatic heterocycles. The molecule has 18 heavy (non-hydrogen) atoms. The number of rotatable bonds is 5. The summed E-state index contributed by atoms with van der Waals surface area (Å²) in [5, 5.41) is -1.14. The van der Waals surface area contributed by atoms with Crippen LogP contribution in [0.3, 0.4) is 0 Å². The van der Waals surface area contributed by atoms with Crippen molar-refractivity contribution in [2.45, 2.75) is 18.6 Å². The van der Waals surface area contributed by atoms with Gasteiger partial charge in [0.25, 0.3) is 0 Å². The summed E-state index contributed by atoms with van der Waals surface area (Å²) in [5.41, 5.74) is 0.134. The molecule has 0 bridgehead atoms. The van der Waals surface area contributed by atoms with Gasteiger partial charge in [0, 0.05) is 12.7 Å². The van der Waals surface area contributed by atoms with E-state index in [0.29, 0.717) is 0 Å². The summed E-state index contributed by atoms with van der Waals surface area (Å²) in [6.45, 7) is 1.30. The summed E-state index contributed by atoms with van der Waals surface area (Å²) >= 11 is 0. The van der Waals surface area contributed by atoms with E-state index in [9.17, 15) is 17.6 Å². The van der Waals surface area contributed by atoms with Crippen molar-refractivity contribution in [3.05, 3.63) is 29.6 Å². The van der Waals surface area contributed by atoms with Crippen molar-refractivity contribution < 1.29 is 22.3 Å². The minimum atomic E-state index is -3.45. The number of sulfone groups is 1. The highest BCUT2D eigenvalue weighted by Gasteiger charge is 2.24. The van der Waals surface area contributed by atoms with Crippen LogP contribution in [0.5, 0.6) is 5.75 Å². The molecule has 100 valence electrons. The molecular formula is C12H15FO4S. The maximum Gasteiger partial charge on any atom is 0.168 e. The maximum atomic E-state index is 13.8. The molecule has 0 spiro atoms. The Kier molecular flexibility index (Phi) is 4.45. The van der Waals surface area contributed by atoms with Gasteiger partial charge in [-0.3, -0.25) is 4.79 Å². The Morgan fingerprint density at radius 3 is 2.56 bits per heavy atom. The van der Waals surface area contributed by atoms with E-state index >= 15 is 0 Å². The van der Waals surface area contributed by atoms with Crippen LogP contribution in [-0.2, 0) is 21.1 Å². The number of hydrogen-bond acceptors (Lipinski definition) is 4. The second-order valence-corrected chi connectivity index (χ2v) is 6.41. The number of ether oxygens (including phenoxy) is 1. The zero-order chi connectivity index (χ0) is 13.9. The molecule has 0 saturated heterocycles. The number of carbonyl (C=O) groups excluding carboxylic acids is 1. The molecule has 1 aromatic carbocycles. The van der Waals surface area contributed by atoms with E-state index in [1.54, 1.807) is 6.07 Å². The quantitative estimate of drug-likeness (QED) is 0.814. The number of Topliss-reactive ketones (excluding diaryl/α,β-unsaturated/α-hetero) is 1. The summed E-state index contributed by atoms with van der Waals surface area (Å²) in [5.74, 6) is -1.13. The number of methoxy groups -OCH3 is 1. The zero-order valence-corrected chi connectivity index (χ0v) is 11.3. The van der Waals surface area contributed by atoms with Gasteiger partial charge in [-0.25, -0.2) is 12.8 Å². The molecule has 0 amide bonds. The molecule has 1 aromatic rings. The van der Waals surface area contributed by atoms with E-state index in [1.807, 2.05) is 0 Å². The Morgan fingerprint density at radius 2 is 2.06 bits per heavy atom. The van der Waals surface area contributed by atoms with Gasteiger partial charge in [0.1, 0.15) is 5.25 Å². The smallest absolute Gasteiger partial charge is 0.168 e. The van der Waals surface area contributed by atoms with Crippen LogP contribution < -0.4 is 4.74 Å². The third-order valence-corrected chi connectivity index (χ3v) is 4.27. The SMILES string of the molecule is COc1cccc(CC(=O)C(C)S(C)(=O)=O)c1F. The molecule has 1 rings (SSSR count). The molecule has 4 nitrogen and oxygen atoms in total. The van der Waals surface area contributed by atoms with Gasteiger partial charge in [-0.15, -0.1) is 0 Å². The highest BCUT2D eigenvalue weighted by atomic mass is 32.2. The predicted molar refractivity (Wildman–Crippen MR) is 66.0 cm³/mol. The van der Waals surface area contributed by atoms with Crippen molar-refractivity contribution in [1.29, 1.82) is 0 Å². The average molecular weight is 274 g/mol. The van der Waals surface area contributed by atoms with Crippen molar-refractivity contribution in [2.75, 3.05) is 13.4 Å². The monoisotopic (exact) mass is 274 g/mol. The largest absolute Gasteiger partial charge is 0.494 e. The fourth-order valence-electron chi connectivity index (χ4n) is 1.42. The minimum absolute atomic E-state index is 0.0345. The maximum absolute atomic E-state index is 13.8. The second kappa shape index (κ2) is 5.48. The van der Waals surface area contributed by atoms with Crippen LogP contribution in [0.15, 0.2) is 18.2 Å². The van der Waals surface area contributed by atoms with E-state index in [2.05, 4.69) is 0 Å². The Hall–Kier alpha value is -1.43. The topological polar surface area (TPSA) is 60.4 Å². The zero-order valence-electron chi connectivity index (χ0n) is 10.4. The summed E-state index contributed by atoms with van der Waals surface area (Å²) < 4.78 is 41.0. The van der Waals surface area contributed by atoms with Gasteiger partial charge in [-0.05, 0) is 18.6 Å². The van der Waals surface area contributed by atoms with Gasteiger partial charge < -0.3 is 4.74 Å². The van der Waals surface area contributed by atoms with Crippen LogP contribution in [0.2, 0.25) is 0 Å². The molecule has 0 aliphatic rings. The molecule has 0 radical (unpaired) electrons. The minimum Gasteiger partial charge on any atom is -0.494 e. The fraction of sp³-hybridized carbons (Fsp3) is 0.417. The first kappa shape index (κ1) is 14.6. The normalized spacial score (nSPS) is 13.1. The Morgan fingerprint density at radius 1 is 1.44 bits per heavy atom.